The third kappa shape index (κ3) is 6.55. The van der Waals surface area contributed by atoms with Crippen LogP contribution in [0.1, 0.15) is 33.1 Å². The van der Waals surface area contributed by atoms with Crippen molar-refractivity contribution in [3.05, 3.63) is 0 Å². The van der Waals surface area contributed by atoms with E-state index < -0.39 is 0 Å². The topological polar surface area (TPSA) is 0 Å². The molecule has 0 radical (unpaired) electrons. The third-order valence-corrected chi connectivity index (χ3v) is 5.43. The molecule has 0 nitrogen and oxygen atoms in total. The Labute approximate surface area is 71.0 Å². The van der Waals surface area contributed by atoms with E-state index >= 15 is 0 Å². The van der Waals surface area contributed by atoms with Gasteiger partial charge >= 0.3 is 0 Å². The molecule has 1 atom stereocenters. The number of rotatable bonds is 6. The van der Waals surface area contributed by atoms with E-state index in [0.717, 1.165) is 5.54 Å². The van der Waals surface area contributed by atoms with Gasteiger partial charge in [-0.1, -0.05) is 50.7 Å². The Balaban J connectivity index is 2.89. The van der Waals surface area contributed by atoms with Crippen LogP contribution in [0.3, 0.4) is 0 Å². The highest BCUT2D eigenvalue weighted by Crippen LogP contribution is 2.10. The molecule has 0 heterocycles. The second-order valence-electron chi connectivity index (χ2n) is 3.36. The Kier molecular flexibility index (Phi) is 7.87. The van der Waals surface area contributed by atoms with E-state index in [1.165, 1.54) is 29.1 Å². The lowest BCUT2D eigenvalue weighted by molar-refractivity contribution is 0.830. The number of unbranched alkanes of at least 4 members (excludes halogenated alkanes) is 1. The SMILES string of the molecule is CCC(C)[SiH2]CCCC[SiH3]. The van der Waals surface area contributed by atoms with E-state index in [0.29, 0.717) is 9.52 Å². The van der Waals surface area contributed by atoms with E-state index in [4.69, 9.17) is 0 Å². The third-order valence-electron chi connectivity index (χ3n) is 2.25. The molecular weight excluding hydrogens is 152 g/mol. The van der Waals surface area contributed by atoms with Crippen molar-refractivity contribution in [2.75, 3.05) is 0 Å². The predicted octanol–water partition coefficient (Wildman–Crippen LogP) is 1.36. The van der Waals surface area contributed by atoms with Crippen LogP contribution in [0.2, 0.25) is 17.6 Å². The van der Waals surface area contributed by atoms with Gasteiger partial charge in [0.25, 0.3) is 0 Å². The van der Waals surface area contributed by atoms with Gasteiger partial charge in [0, 0.05) is 19.8 Å². The first kappa shape index (κ1) is 10.4. The molecule has 0 aliphatic rings. The van der Waals surface area contributed by atoms with Crippen LogP contribution >= 0.6 is 0 Å². The van der Waals surface area contributed by atoms with Gasteiger partial charge in [-0.3, -0.25) is 0 Å². The first-order chi connectivity index (χ1) is 4.81. The molecule has 0 aliphatic heterocycles. The predicted molar refractivity (Wildman–Crippen MR) is 57.0 cm³/mol. The van der Waals surface area contributed by atoms with Crippen LogP contribution in [0.5, 0.6) is 0 Å². The molecule has 10 heavy (non-hydrogen) atoms. The second-order valence-corrected chi connectivity index (χ2v) is 7.04. The summed E-state index contributed by atoms with van der Waals surface area (Å²) in [5.41, 5.74) is 1.11. The Morgan fingerprint density at radius 3 is 2.60 bits per heavy atom. The van der Waals surface area contributed by atoms with Crippen LogP contribution in [0.25, 0.3) is 0 Å². The zero-order chi connectivity index (χ0) is 7.82. The maximum absolute atomic E-state index is 2.42. The summed E-state index contributed by atoms with van der Waals surface area (Å²) >= 11 is 0. The van der Waals surface area contributed by atoms with Gasteiger partial charge in [0.2, 0.25) is 0 Å². The largest absolute Gasteiger partial charge is 0.0659 e. The Hall–Kier alpha value is 0.434. The highest BCUT2D eigenvalue weighted by atomic mass is 28.2. The average Bonchev–Trinajstić information content (AvgIpc) is 1.98. The van der Waals surface area contributed by atoms with E-state index in [-0.39, 0.29) is 0 Å². The van der Waals surface area contributed by atoms with Crippen molar-refractivity contribution in [2.24, 2.45) is 0 Å². The monoisotopic (exact) mass is 174 g/mol. The van der Waals surface area contributed by atoms with Gasteiger partial charge in [-0.25, -0.2) is 0 Å². The van der Waals surface area contributed by atoms with Crippen LogP contribution in [-0.2, 0) is 0 Å². The standard InChI is InChI=1S/C8H22Si2/c1-3-8(2)10-7-5-4-6-9/h8H,3-7,10H2,1-2,9H3. The molecule has 0 aromatic rings. The Bertz CT molecular complexity index is 64.3. The summed E-state index contributed by atoms with van der Waals surface area (Å²) < 4.78 is 0. The summed E-state index contributed by atoms with van der Waals surface area (Å²) in [6.07, 6.45) is 4.49. The highest BCUT2D eigenvalue weighted by molar-refractivity contribution is 6.37. The molecule has 0 aliphatic carbocycles. The minimum absolute atomic E-state index is 0.331. The minimum Gasteiger partial charge on any atom is -0.0659 e. The molecule has 0 bridgehead atoms. The quantitative estimate of drug-likeness (QED) is 0.421. The fraction of sp³-hybridized carbons (Fsp3) is 1.00. The summed E-state index contributed by atoms with van der Waals surface area (Å²) in [5, 5.41) is 0. The van der Waals surface area contributed by atoms with Gasteiger partial charge in [-0.2, -0.15) is 0 Å². The summed E-state index contributed by atoms with van der Waals surface area (Å²) in [6.45, 7) is 4.75. The fourth-order valence-corrected chi connectivity index (χ4v) is 3.37. The van der Waals surface area contributed by atoms with Crippen LogP contribution < -0.4 is 0 Å². The molecule has 1 unspecified atom stereocenters. The van der Waals surface area contributed by atoms with E-state index in [1.807, 2.05) is 0 Å². The van der Waals surface area contributed by atoms with Crippen molar-refractivity contribution in [3.63, 3.8) is 0 Å². The van der Waals surface area contributed by atoms with Gasteiger partial charge in [0.1, 0.15) is 0 Å². The van der Waals surface area contributed by atoms with Crippen molar-refractivity contribution < 1.29 is 0 Å². The molecule has 0 aromatic heterocycles. The lowest BCUT2D eigenvalue weighted by atomic mass is 10.4. The lowest BCUT2D eigenvalue weighted by Gasteiger charge is -2.05. The summed E-state index contributed by atoms with van der Waals surface area (Å²) in [4.78, 5) is 0. The molecule has 62 valence electrons. The molecule has 0 spiro atoms. The van der Waals surface area contributed by atoms with Crippen LogP contribution in [0.4, 0.5) is 0 Å². The maximum atomic E-state index is 2.42. The zero-order valence-electron chi connectivity index (χ0n) is 7.82. The first-order valence-electron chi connectivity index (χ1n) is 4.81. The van der Waals surface area contributed by atoms with Crippen molar-refractivity contribution in [1.82, 2.24) is 0 Å². The maximum Gasteiger partial charge on any atom is 0.0228 e. The summed E-state index contributed by atoms with van der Waals surface area (Å²) in [6, 6.07) is 3.13. The van der Waals surface area contributed by atoms with Crippen molar-refractivity contribution >= 4 is 19.8 Å². The lowest BCUT2D eigenvalue weighted by Crippen LogP contribution is -1.97. The molecule has 0 rings (SSSR count). The molecule has 0 saturated heterocycles. The highest BCUT2D eigenvalue weighted by Gasteiger charge is 1.97. The van der Waals surface area contributed by atoms with Gasteiger partial charge < -0.3 is 0 Å². The first-order valence-corrected chi connectivity index (χ1v) is 8.04. The van der Waals surface area contributed by atoms with Gasteiger partial charge in [-0.15, -0.1) is 0 Å². The second kappa shape index (κ2) is 7.54. The van der Waals surface area contributed by atoms with Crippen molar-refractivity contribution in [1.29, 1.82) is 0 Å². The molecule has 0 aromatic carbocycles. The van der Waals surface area contributed by atoms with E-state index in [1.54, 1.807) is 12.5 Å². The van der Waals surface area contributed by atoms with Gasteiger partial charge in [0.15, 0.2) is 0 Å². The van der Waals surface area contributed by atoms with Crippen LogP contribution in [0.15, 0.2) is 0 Å². The summed E-state index contributed by atoms with van der Waals surface area (Å²) in [5.74, 6) is 0. The number of hydrogen-bond acceptors (Lipinski definition) is 0. The molecule has 0 N–H and O–H groups in total. The fourth-order valence-electron chi connectivity index (χ4n) is 1.12. The number of hydrogen-bond donors (Lipinski definition) is 0. The molecule has 0 amide bonds. The zero-order valence-corrected chi connectivity index (χ0v) is 11.2. The molecule has 2 heteroatoms. The van der Waals surface area contributed by atoms with Gasteiger partial charge in [0.05, 0.1) is 0 Å². The van der Waals surface area contributed by atoms with E-state index in [9.17, 15) is 0 Å². The molecule has 0 fully saturated rings. The van der Waals surface area contributed by atoms with Crippen molar-refractivity contribution in [2.45, 2.75) is 50.7 Å². The normalized spacial score (nSPS) is 15.0. The van der Waals surface area contributed by atoms with Crippen LogP contribution in [-0.4, -0.2) is 19.8 Å². The average molecular weight is 174 g/mol. The Morgan fingerprint density at radius 1 is 1.40 bits per heavy atom. The van der Waals surface area contributed by atoms with Crippen LogP contribution in [0, 0.1) is 0 Å². The Morgan fingerprint density at radius 2 is 2.10 bits per heavy atom. The van der Waals surface area contributed by atoms with E-state index in [2.05, 4.69) is 13.8 Å². The van der Waals surface area contributed by atoms with Gasteiger partial charge in [-0.05, 0) is 0 Å². The van der Waals surface area contributed by atoms with Crippen molar-refractivity contribution in [3.8, 4) is 0 Å². The molecular formula is C8H22Si2. The summed E-state index contributed by atoms with van der Waals surface area (Å²) in [7, 11) is 1.75. The molecule has 0 saturated carbocycles. The minimum atomic E-state index is 0.331. The smallest absolute Gasteiger partial charge is 0.0228 e.